The van der Waals surface area contributed by atoms with Crippen molar-refractivity contribution in [2.75, 3.05) is 38.5 Å². The number of nitrogens with zero attached hydrogens (tertiary/aromatic N) is 2. The Morgan fingerprint density at radius 1 is 1.14 bits per heavy atom. The van der Waals surface area contributed by atoms with Gasteiger partial charge < -0.3 is 10.2 Å². The molecule has 1 unspecified atom stereocenters. The molecular weight excluding hydrogens is 298 g/mol. The molecule has 0 radical (unpaired) electrons. The number of urea groups is 1. The summed E-state index contributed by atoms with van der Waals surface area (Å²) in [4.78, 5) is 16.6. The molecule has 0 aromatic carbocycles. The largest absolute Gasteiger partial charge is 0.337 e. The fourth-order valence-corrected chi connectivity index (χ4v) is 4.13. The lowest BCUT2D eigenvalue weighted by Crippen LogP contribution is -2.54. The number of nitrogens with one attached hydrogen (secondary N) is 1. The molecule has 22 heavy (non-hydrogen) atoms. The zero-order valence-electron chi connectivity index (χ0n) is 14.3. The van der Waals surface area contributed by atoms with Gasteiger partial charge in [0.25, 0.3) is 0 Å². The molecular formula is C16H31N3O2S. The minimum atomic E-state index is -0.908. The summed E-state index contributed by atoms with van der Waals surface area (Å²) < 4.78 is 11.7. The second-order valence-electron chi connectivity index (χ2n) is 7.36. The van der Waals surface area contributed by atoms with Gasteiger partial charge in [-0.3, -0.25) is 9.11 Å². The highest BCUT2D eigenvalue weighted by atomic mass is 32.2. The predicted octanol–water partition coefficient (Wildman–Crippen LogP) is 1.80. The molecule has 2 rings (SSSR count). The number of hydrogen-bond acceptors (Lipinski definition) is 3. The Bertz CT molecular complexity index is 395. The Morgan fingerprint density at radius 3 is 2.27 bits per heavy atom. The molecule has 2 aliphatic rings. The minimum absolute atomic E-state index is 0.00280. The van der Waals surface area contributed by atoms with E-state index >= 15 is 0 Å². The van der Waals surface area contributed by atoms with Crippen LogP contribution in [0, 0.1) is 0 Å². The Labute approximate surface area is 137 Å². The predicted molar refractivity (Wildman–Crippen MR) is 91.6 cm³/mol. The molecule has 1 aliphatic heterocycles. The molecule has 1 atom stereocenters. The van der Waals surface area contributed by atoms with Crippen molar-refractivity contribution in [3.05, 3.63) is 0 Å². The molecule has 0 spiro atoms. The van der Waals surface area contributed by atoms with Crippen LogP contribution >= 0.6 is 0 Å². The van der Waals surface area contributed by atoms with Gasteiger partial charge in [0.1, 0.15) is 0 Å². The molecule has 1 aliphatic carbocycles. The van der Waals surface area contributed by atoms with Crippen LogP contribution in [0.15, 0.2) is 0 Å². The Morgan fingerprint density at radius 2 is 1.73 bits per heavy atom. The highest BCUT2D eigenvalue weighted by Crippen LogP contribution is 2.24. The van der Waals surface area contributed by atoms with Crippen molar-refractivity contribution in [2.24, 2.45) is 0 Å². The number of carbonyl (C=O) groups is 1. The van der Waals surface area contributed by atoms with Crippen molar-refractivity contribution in [3.63, 3.8) is 0 Å². The summed E-state index contributed by atoms with van der Waals surface area (Å²) >= 11 is 0. The van der Waals surface area contributed by atoms with E-state index in [0.717, 1.165) is 32.2 Å². The molecule has 1 saturated carbocycles. The first-order valence-corrected chi connectivity index (χ1v) is 9.85. The molecule has 2 fully saturated rings. The molecule has 5 nitrogen and oxygen atoms in total. The lowest BCUT2D eigenvalue weighted by Gasteiger charge is -2.38. The van der Waals surface area contributed by atoms with Gasteiger partial charge in [-0.05, 0) is 33.6 Å². The van der Waals surface area contributed by atoms with Crippen LogP contribution < -0.4 is 5.32 Å². The van der Waals surface area contributed by atoms with Crippen molar-refractivity contribution >= 4 is 16.8 Å². The normalized spacial score (nSPS) is 22.8. The minimum Gasteiger partial charge on any atom is -0.337 e. The quantitative estimate of drug-likeness (QED) is 0.856. The third kappa shape index (κ3) is 4.95. The zero-order valence-corrected chi connectivity index (χ0v) is 15.1. The maximum Gasteiger partial charge on any atom is 0.317 e. The first kappa shape index (κ1) is 17.7. The molecule has 1 N–H and O–H groups in total. The summed E-state index contributed by atoms with van der Waals surface area (Å²) in [5.41, 5.74) is 0. The van der Waals surface area contributed by atoms with Gasteiger partial charge in [0.05, 0.1) is 0 Å². The van der Waals surface area contributed by atoms with E-state index < -0.39 is 10.8 Å². The van der Waals surface area contributed by atoms with Gasteiger partial charge in [0.2, 0.25) is 0 Å². The van der Waals surface area contributed by atoms with Crippen molar-refractivity contribution in [2.45, 2.75) is 57.2 Å². The van der Waals surface area contributed by atoms with Crippen LogP contribution in [0.25, 0.3) is 0 Å². The Hall–Kier alpha value is -0.620. The smallest absolute Gasteiger partial charge is 0.317 e. The van der Waals surface area contributed by atoms with Crippen molar-refractivity contribution < 1.29 is 9.00 Å². The van der Waals surface area contributed by atoms with Crippen molar-refractivity contribution in [3.8, 4) is 0 Å². The van der Waals surface area contributed by atoms with E-state index in [1.807, 2.05) is 25.7 Å². The molecule has 0 aromatic heterocycles. The van der Waals surface area contributed by atoms with Crippen LogP contribution in [0.3, 0.4) is 0 Å². The molecule has 128 valence electrons. The van der Waals surface area contributed by atoms with Gasteiger partial charge >= 0.3 is 6.03 Å². The number of piperazine rings is 1. The zero-order chi connectivity index (χ0) is 16.2. The van der Waals surface area contributed by atoms with Crippen LogP contribution in [0.5, 0.6) is 0 Å². The number of hydrogen-bond donors (Lipinski definition) is 1. The second kappa shape index (κ2) is 7.77. The lowest BCUT2D eigenvalue weighted by atomic mass is 10.2. The van der Waals surface area contributed by atoms with E-state index in [1.165, 1.54) is 25.7 Å². The SMILES string of the molecule is CC(C)(C)S(=O)CCNC(=O)N1CCN(C2CCCC2)CC1. The van der Waals surface area contributed by atoms with E-state index in [9.17, 15) is 9.00 Å². The summed E-state index contributed by atoms with van der Waals surface area (Å²) in [5, 5.41) is 2.92. The average Bonchev–Trinajstić information content (AvgIpc) is 3.00. The summed E-state index contributed by atoms with van der Waals surface area (Å²) in [7, 11) is -0.908. The molecule has 0 bridgehead atoms. The summed E-state index contributed by atoms with van der Waals surface area (Å²) in [6, 6.07) is 0.747. The third-order valence-electron chi connectivity index (χ3n) is 4.69. The maximum absolute atomic E-state index is 12.2. The number of carbonyl (C=O) groups excluding carboxylic acids is 1. The van der Waals surface area contributed by atoms with E-state index in [0.29, 0.717) is 12.3 Å². The molecule has 1 saturated heterocycles. The van der Waals surface area contributed by atoms with Crippen molar-refractivity contribution in [1.29, 1.82) is 0 Å². The highest BCUT2D eigenvalue weighted by Gasteiger charge is 2.27. The van der Waals surface area contributed by atoms with Crippen LogP contribution in [0.4, 0.5) is 4.79 Å². The standard InChI is InChI=1S/C16H31N3O2S/c1-16(2,3)22(21)13-8-17-15(20)19-11-9-18(10-12-19)14-6-4-5-7-14/h14H,4-13H2,1-3H3,(H,17,20). The van der Waals surface area contributed by atoms with E-state index in [-0.39, 0.29) is 10.8 Å². The first-order chi connectivity index (χ1) is 10.4. The first-order valence-electron chi connectivity index (χ1n) is 8.53. The number of rotatable bonds is 4. The van der Waals surface area contributed by atoms with Gasteiger partial charge in [-0.2, -0.15) is 0 Å². The van der Waals surface area contributed by atoms with E-state index in [4.69, 9.17) is 0 Å². The van der Waals surface area contributed by atoms with Crippen LogP contribution in [0.2, 0.25) is 0 Å². The van der Waals surface area contributed by atoms with Crippen LogP contribution in [-0.2, 0) is 10.8 Å². The monoisotopic (exact) mass is 329 g/mol. The van der Waals surface area contributed by atoms with E-state index in [1.54, 1.807) is 0 Å². The number of amides is 2. The molecule has 6 heteroatoms. The van der Waals surface area contributed by atoms with Crippen LogP contribution in [0.1, 0.15) is 46.5 Å². The van der Waals surface area contributed by atoms with Crippen molar-refractivity contribution in [1.82, 2.24) is 15.1 Å². The molecule has 2 amide bonds. The van der Waals surface area contributed by atoms with Crippen LogP contribution in [-0.4, -0.2) is 69.3 Å². The Balaban J connectivity index is 1.66. The Kier molecular flexibility index (Phi) is 6.26. The summed E-state index contributed by atoms with van der Waals surface area (Å²) in [6.45, 7) is 9.99. The van der Waals surface area contributed by atoms with Gasteiger partial charge in [0.15, 0.2) is 0 Å². The average molecular weight is 330 g/mol. The topological polar surface area (TPSA) is 52.7 Å². The third-order valence-corrected chi connectivity index (χ3v) is 6.63. The fourth-order valence-electron chi connectivity index (χ4n) is 3.23. The summed E-state index contributed by atoms with van der Waals surface area (Å²) in [5.74, 6) is 0.525. The van der Waals surface area contributed by atoms with E-state index in [2.05, 4.69) is 10.2 Å². The molecule has 0 aromatic rings. The fraction of sp³-hybridized carbons (Fsp3) is 0.938. The summed E-state index contributed by atoms with van der Waals surface area (Å²) in [6.07, 6.45) is 5.36. The lowest BCUT2D eigenvalue weighted by molar-refractivity contribution is 0.110. The highest BCUT2D eigenvalue weighted by molar-refractivity contribution is 7.86. The van der Waals surface area contributed by atoms with Gasteiger partial charge in [0, 0.05) is 60.1 Å². The second-order valence-corrected chi connectivity index (χ2v) is 9.68. The maximum atomic E-state index is 12.2. The van der Waals surface area contributed by atoms with Gasteiger partial charge in [-0.25, -0.2) is 4.79 Å². The molecule has 1 heterocycles. The van der Waals surface area contributed by atoms with Gasteiger partial charge in [-0.15, -0.1) is 0 Å². The van der Waals surface area contributed by atoms with Gasteiger partial charge in [-0.1, -0.05) is 12.8 Å².